The number of ketones is 1. The van der Waals surface area contributed by atoms with Crippen LogP contribution in [0.2, 0.25) is 0 Å². The molecular formula is C22H22N2O5S. The van der Waals surface area contributed by atoms with Crippen molar-refractivity contribution >= 4 is 38.4 Å². The Labute approximate surface area is 174 Å². The molecule has 0 amide bonds. The summed E-state index contributed by atoms with van der Waals surface area (Å²) in [6.45, 7) is 3.70. The van der Waals surface area contributed by atoms with Crippen LogP contribution in [0.5, 0.6) is 0 Å². The molecule has 0 aliphatic heterocycles. The number of aromatic amines is 1. The highest BCUT2D eigenvalue weighted by Crippen LogP contribution is 2.32. The summed E-state index contributed by atoms with van der Waals surface area (Å²) in [6.07, 6.45) is 2.09. The van der Waals surface area contributed by atoms with Gasteiger partial charge in [0, 0.05) is 34.3 Å². The number of fused-ring (bicyclic) bond motifs is 3. The number of esters is 1. The number of aromatic nitrogens is 1. The molecule has 4 rings (SSSR count). The number of Topliss-reactive ketones (excluding diaryl/α,β-unsaturated/α-hetero) is 1. The first-order valence-corrected chi connectivity index (χ1v) is 11.3. The SMILES string of the molecule is CCOC(=O)c1ccc(NS(=O)(=O)c2cc3[nH]c4c(c3cc2C)C(=O)CCC4)cc1. The van der Waals surface area contributed by atoms with Crippen LogP contribution >= 0.6 is 0 Å². The average Bonchev–Trinajstić information content (AvgIpc) is 3.06. The van der Waals surface area contributed by atoms with Crippen LogP contribution in [-0.2, 0) is 21.2 Å². The van der Waals surface area contributed by atoms with Gasteiger partial charge in [0.1, 0.15) is 0 Å². The Morgan fingerprint density at radius 1 is 1.17 bits per heavy atom. The van der Waals surface area contributed by atoms with Crippen LogP contribution in [0.4, 0.5) is 5.69 Å². The first kappa shape index (κ1) is 20.2. The number of benzene rings is 2. The van der Waals surface area contributed by atoms with Gasteiger partial charge in [0.15, 0.2) is 5.78 Å². The summed E-state index contributed by atoms with van der Waals surface area (Å²) in [6, 6.07) is 9.39. The number of rotatable bonds is 5. The maximum absolute atomic E-state index is 13.0. The van der Waals surface area contributed by atoms with Crippen molar-refractivity contribution in [3.05, 3.63) is 58.8 Å². The molecule has 1 aliphatic rings. The molecule has 1 aliphatic carbocycles. The number of nitrogens with one attached hydrogen (secondary N) is 2. The lowest BCUT2D eigenvalue weighted by Crippen LogP contribution is -2.14. The summed E-state index contributed by atoms with van der Waals surface area (Å²) in [5.74, 6) is -0.365. The largest absolute Gasteiger partial charge is 0.462 e. The van der Waals surface area contributed by atoms with Crippen molar-refractivity contribution in [1.82, 2.24) is 4.98 Å². The number of H-pyrrole nitrogens is 1. The van der Waals surface area contributed by atoms with Gasteiger partial charge >= 0.3 is 5.97 Å². The van der Waals surface area contributed by atoms with E-state index in [0.717, 1.165) is 23.9 Å². The number of aryl methyl sites for hydroxylation is 2. The molecule has 156 valence electrons. The van der Waals surface area contributed by atoms with E-state index in [9.17, 15) is 18.0 Å². The number of ether oxygens (including phenoxy) is 1. The van der Waals surface area contributed by atoms with Gasteiger partial charge in [-0.05, 0) is 68.7 Å². The molecule has 0 bridgehead atoms. The van der Waals surface area contributed by atoms with Gasteiger partial charge in [0.2, 0.25) is 0 Å². The lowest BCUT2D eigenvalue weighted by molar-refractivity contribution is 0.0526. The van der Waals surface area contributed by atoms with Gasteiger partial charge < -0.3 is 9.72 Å². The van der Waals surface area contributed by atoms with Crippen molar-refractivity contribution in [2.75, 3.05) is 11.3 Å². The van der Waals surface area contributed by atoms with Crippen molar-refractivity contribution in [2.24, 2.45) is 0 Å². The first-order chi connectivity index (χ1) is 14.3. The molecule has 0 unspecified atom stereocenters. The zero-order valence-corrected chi connectivity index (χ0v) is 17.6. The highest BCUT2D eigenvalue weighted by Gasteiger charge is 2.25. The Balaban J connectivity index is 1.66. The normalized spacial score (nSPS) is 13.9. The Kier molecular flexibility index (Phi) is 5.11. The summed E-state index contributed by atoms with van der Waals surface area (Å²) in [4.78, 5) is 27.4. The quantitative estimate of drug-likeness (QED) is 0.601. The van der Waals surface area contributed by atoms with Gasteiger partial charge in [-0.25, -0.2) is 13.2 Å². The minimum Gasteiger partial charge on any atom is -0.462 e. The van der Waals surface area contributed by atoms with Crippen molar-refractivity contribution in [3.8, 4) is 0 Å². The molecule has 7 nitrogen and oxygen atoms in total. The van der Waals surface area contributed by atoms with E-state index < -0.39 is 16.0 Å². The average molecular weight is 426 g/mol. The smallest absolute Gasteiger partial charge is 0.338 e. The number of carbonyl (C=O) groups excluding carboxylic acids is 2. The van der Waals surface area contributed by atoms with E-state index >= 15 is 0 Å². The Hall–Kier alpha value is -3.13. The Bertz CT molecular complexity index is 1260. The molecule has 0 spiro atoms. The number of anilines is 1. The summed E-state index contributed by atoms with van der Waals surface area (Å²) < 4.78 is 33.5. The number of carbonyl (C=O) groups is 2. The molecular weight excluding hydrogens is 404 g/mol. The zero-order valence-electron chi connectivity index (χ0n) is 16.7. The topological polar surface area (TPSA) is 105 Å². The standard InChI is InChI=1S/C22H22N2O5S/c1-3-29-22(26)14-7-9-15(10-8-14)24-30(27,28)20-12-18-16(11-13(20)2)21-17(23-18)5-4-6-19(21)25/h7-12,23-24H,3-6H2,1-2H3. The highest BCUT2D eigenvalue weighted by molar-refractivity contribution is 7.92. The van der Waals surface area contributed by atoms with E-state index in [-0.39, 0.29) is 17.3 Å². The van der Waals surface area contributed by atoms with E-state index in [4.69, 9.17) is 4.74 Å². The van der Waals surface area contributed by atoms with E-state index in [2.05, 4.69) is 9.71 Å². The van der Waals surface area contributed by atoms with Gasteiger partial charge in [-0.1, -0.05) is 0 Å². The first-order valence-electron chi connectivity index (χ1n) is 9.78. The molecule has 0 saturated carbocycles. The Morgan fingerprint density at radius 2 is 1.90 bits per heavy atom. The van der Waals surface area contributed by atoms with Crippen LogP contribution in [0, 0.1) is 6.92 Å². The predicted molar refractivity (Wildman–Crippen MR) is 114 cm³/mol. The van der Waals surface area contributed by atoms with Crippen LogP contribution in [0.3, 0.4) is 0 Å². The van der Waals surface area contributed by atoms with Gasteiger partial charge in [-0.2, -0.15) is 0 Å². The third-order valence-electron chi connectivity index (χ3n) is 5.22. The van der Waals surface area contributed by atoms with Crippen LogP contribution < -0.4 is 4.72 Å². The summed E-state index contributed by atoms with van der Waals surface area (Å²) in [7, 11) is -3.86. The zero-order chi connectivity index (χ0) is 21.5. The Morgan fingerprint density at radius 3 is 2.60 bits per heavy atom. The number of sulfonamides is 1. The molecule has 0 saturated heterocycles. The minimum atomic E-state index is -3.86. The number of hydrogen-bond acceptors (Lipinski definition) is 5. The number of hydrogen-bond donors (Lipinski definition) is 2. The fraction of sp³-hybridized carbons (Fsp3) is 0.273. The van der Waals surface area contributed by atoms with Crippen molar-refractivity contribution < 1.29 is 22.7 Å². The molecule has 0 atom stereocenters. The third kappa shape index (κ3) is 3.59. The molecule has 3 aromatic rings. The van der Waals surface area contributed by atoms with E-state index in [1.165, 1.54) is 24.3 Å². The maximum Gasteiger partial charge on any atom is 0.338 e. The summed E-state index contributed by atoms with van der Waals surface area (Å²) in [5, 5.41) is 0.768. The predicted octanol–water partition coefficient (Wildman–Crippen LogP) is 3.97. The van der Waals surface area contributed by atoms with Gasteiger partial charge in [-0.3, -0.25) is 9.52 Å². The second-order valence-corrected chi connectivity index (χ2v) is 8.97. The van der Waals surface area contributed by atoms with Crippen molar-refractivity contribution in [2.45, 2.75) is 38.0 Å². The fourth-order valence-electron chi connectivity index (χ4n) is 3.83. The monoisotopic (exact) mass is 426 g/mol. The van der Waals surface area contributed by atoms with Crippen LogP contribution in [0.25, 0.3) is 10.9 Å². The lowest BCUT2D eigenvalue weighted by atomic mass is 9.94. The molecule has 1 heterocycles. The van der Waals surface area contributed by atoms with Crippen molar-refractivity contribution in [3.63, 3.8) is 0 Å². The van der Waals surface area contributed by atoms with Gasteiger partial charge in [0.25, 0.3) is 10.0 Å². The lowest BCUT2D eigenvalue weighted by Gasteiger charge is -2.12. The van der Waals surface area contributed by atoms with Crippen LogP contribution in [0.15, 0.2) is 41.3 Å². The van der Waals surface area contributed by atoms with E-state index in [1.54, 1.807) is 26.0 Å². The highest BCUT2D eigenvalue weighted by atomic mass is 32.2. The minimum absolute atomic E-state index is 0.0947. The van der Waals surface area contributed by atoms with Crippen LogP contribution in [0.1, 0.15) is 51.7 Å². The summed E-state index contributed by atoms with van der Waals surface area (Å²) in [5.41, 5.74) is 3.43. The second-order valence-electron chi connectivity index (χ2n) is 7.32. The van der Waals surface area contributed by atoms with Crippen LogP contribution in [-0.4, -0.2) is 31.8 Å². The third-order valence-corrected chi connectivity index (χ3v) is 6.74. The van der Waals surface area contributed by atoms with E-state index in [1.807, 2.05) is 0 Å². The second kappa shape index (κ2) is 7.60. The van der Waals surface area contributed by atoms with Gasteiger partial charge in [-0.15, -0.1) is 0 Å². The molecule has 0 radical (unpaired) electrons. The molecule has 8 heteroatoms. The molecule has 1 aromatic heterocycles. The van der Waals surface area contributed by atoms with Gasteiger partial charge in [0.05, 0.1) is 17.1 Å². The molecule has 2 aromatic carbocycles. The molecule has 2 N–H and O–H groups in total. The van der Waals surface area contributed by atoms with E-state index in [0.29, 0.717) is 34.3 Å². The molecule has 0 fully saturated rings. The maximum atomic E-state index is 13.0. The summed E-state index contributed by atoms with van der Waals surface area (Å²) >= 11 is 0. The van der Waals surface area contributed by atoms with Crippen molar-refractivity contribution in [1.29, 1.82) is 0 Å². The fourth-order valence-corrected chi connectivity index (χ4v) is 5.14. The molecule has 30 heavy (non-hydrogen) atoms.